The third-order valence-corrected chi connectivity index (χ3v) is 5.72. The van der Waals surface area contributed by atoms with Crippen LogP contribution in [0.1, 0.15) is 12.0 Å². The van der Waals surface area contributed by atoms with Crippen molar-refractivity contribution < 1.29 is 13.2 Å². The molecule has 1 fully saturated rings. The van der Waals surface area contributed by atoms with Crippen LogP contribution in [-0.4, -0.2) is 26.7 Å². The Balaban J connectivity index is 1.78. The molecule has 24 heavy (non-hydrogen) atoms. The molecule has 1 aliphatic rings. The van der Waals surface area contributed by atoms with Gasteiger partial charge in [0.05, 0.1) is 11.4 Å². The molecule has 0 aliphatic carbocycles. The van der Waals surface area contributed by atoms with E-state index in [1.165, 1.54) is 4.31 Å². The number of nitrogens with zero attached hydrogens (tertiary/aromatic N) is 1. The first-order valence-corrected chi connectivity index (χ1v) is 9.31. The number of benzene rings is 2. The fourth-order valence-electron chi connectivity index (χ4n) is 2.68. The van der Waals surface area contributed by atoms with Gasteiger partial charge in [0, 0.05) is 17.9 Å². The highest BCUT2D eigenvalue weighted by atomic mass is 32.2. The molecular weight excluding hydrogens is 326 g/mol. The maximum Gasteiger partial charge on any atom is 0.323 e. The molecule has 1 heterocycles. The molecule has 0 spiro atoms. The number of amides is 2. The van der Waals surface area contributed by atoms with Gasteiger partial charge in [-0.1, -0.05) is 24.3 Å². The van der Waals surface area contributed by atoms with Crippen molar-refractivity contribution in [2.45, 2.75) is 13.3 Å². The Morgan fingerprint density at radius 1 is 1.04 bits per heavy atom. The summed E-state index contributed by atoms with van der Waals surface area (Å²) in [4.78, 5) is 12.1. The van der Waals surface area contributed by atoms with Crippen LogP contribution >= 0.6 is 0 Å². The van der Waals surface area contributed by atoms with Crippen LogP contribution in [0, 0.1) is 6.92 Å². The van der Waals surface area contributed by atoms with Crippen LogP contribution in [0.25, 0.3) is 0 Å². The first kappa shape index (κ1) is 16.3. The predicted molar refractivity (Wildman–Crippen MR) is 96.0 cm³/mol. The van der Waals surface area contributed by atoms with Crippen molar-refractivity contribution in [1.82, 2.24) is 0 Å². The Morgan fingerprint density at radius 2 is 1.75 bits per heavy atom. The van der Waals surface area contributed by atoms with Crippen molar-refractivity contribution in [2.24, 2.45) is 0 Å². The van der Waals surface area contributed by atoms with E-state index >= 15 is 0 Å². The van der Waals surface area contributed by atoms with Gasteiger partial charge in [-0.25, -0.2) is 13.2 Å². The lowest BCUT2D eigenvalue weighted by atomic mass is 10.1. The average Bonchev–Trinajstić information content (AvgIpc) is 2.89. The van der Waals surface area contributed by atoms with Crippen molar-refractivity contribution in [1.29, 1.82) is 0 Å². The number of hydrogen-bond acceptors (Lipinski definition) is 3. The van der Waals surface area contributed by atoms with E-state index in [0.717, 1.165) is 5.56 Å². The van der Waals surface area contributed by atoms with Crippen LogP contribution in [0.5, 0.6) is 0 Å². The third kappa shape index (κ3) is 3.51. The monoisotopic (exact) mass is 345 g/mol. The maximum atomic E-state index is 12.1. The molecule has 1 aliphatic heterocycles. The zero-order chi connectivity index (χ0) is 17.2. The van der Waals surface area contributed by atoms with Gasteiger partial charge in [0.25, 0.3) is 0 Å². The topological polar surface area (TPSA) is 78.5 Å². The van der Waals surface area contributed by atoms with E-state index < -0.39 is 10.0 Å². The Labute approximate surface area is 141 Å². The van der Waals surface area contributed by atoms with E-state index in [1.807, 2.05) is 25.1 Å². The van der Waals surface area contributed by atoms with Gasteiger partial charge in [0.1, 0.15) is 0 Å². The van der Waals surface area contributed by atoms with Crippen LogP contribution in [0.4, 0.5) is 21.9 Å². The molecule has 0 atom stereocenters. The van der Waals surface area contributed by atoms with Gasteiger partial charge < -0.3 is 10.6 Å². The van der Waals surface area contributed by atoms with Gasteiger partial charge in [-0.2, -0.15) is 0 Å². The van der Waals surface area contributed by atoms with Crippen molar-refractivity contribution in [3.05, 3.63) is 54.1 Å². The van der Waals surface area contributed by atoms with E-state index in [-0.39, 0.29) is 11.8 Å². The number of carbonyl (C=O) groups excluding carboxylic acids is 1. The minimum absolute atomic E-state index is 0.165. The SMILES string of the molecule is Cc1ccc(NC(=O)Nc2ccccc2)cc1N1CCCS1(=O)=O. The summed E-state index contributed by atoms with van der Waals surface area (Å²) in [5, 5.41) is 5.47. The van der Waals surface area contributed by atoms with Gasteiger partial charge in [0.2, 0.25) is 10.0 Å². The Bertz CT molecular complexity index is 851. The minimum atomic E-state index is -3.25. The lowest BCUT2D eigenvalue weighted by Gasteiger charge is -2.20. The van der Waals surface area contributed by atoms with Gasteiger partial charge in [-0.15, -0.1) is 0 Å². The van der Waals surface area contributed by atoms with E-state index in [4.69, 9.17) is 0 Å². The van der Waals surface area contributed by atoms with Gasteiger partial charge in [-0.3, -0.25) is 4.31 Å². The Morgan fingerprint density at radius 3 is 2.42 bits per heavy atom. The lowest BCUT2D eigenvalue weighted by molar-refractivity contribution is 0.262. The van der Waals surface area contributed by atoms with Crippen LogP contribution in [-0.2, 0) is 10.0 Å². The second kappa shape index (κ2) is 6.52. The molecule has 0 radical (unpaired) electrons. The number of hydrogen-bond donors (Lipinski definition) is 2. The number of nitrogens with one attached hydrogen (secondary N) is 2. The summed E-state index contributed by atoms with van der Waals surface area (Å²) in [5.74, 6) is 0.165. The first-order chi connectivity index (χ1) is 11.5. The fraction of sp³-hybridized carbons (Fsp3) is 0.235. The van der Waals surface area contributed by atoms with Crippen LogP contribution < -0.4 is 14.9 Å². The second-order valence-corrected chi connectivity index (χ2v) is 7.70. The smallest absolute Gasteiger partial charge is 0.308 e. The molecule has 1 saturated heterocycles. The highest BCUT2D eigenvalue weighted by Gasteiger charge is 2.29. The van der Waals surface area contributed by atoms with Gasteiger partial charge >= 0.3 is 6.03 Å². The highest BCUT2D eigenvalue weighted by molar-refractivity contribution is 7.93. The number of sulfonamides is 1. The van der Waals surface area contributed by atoms with Gasteiger partial charge in [-0.05, 0) is 43.2 Å². The molecule has 0 aromatic heterocycles. The highest BCUT2D eigenvalue weighted by Crippen LogP contribution is 2.30. The molecule has 7 heteroatoms. The molecule has 2 amide bonds. The van der Waals surface area contributed by atoms with Crippen molar-refractivity contribution >= 4 is 33.1 Å². The minimum Gasteiger partial charge on any atom is -0.308 e. The molecule has 2 aromatic carbocycles. The average molecular weight is 345 g/mol. The standard InChI is InChI=1S/C17H19N3O3S/c1-13-8-9-15(12-16(13)20-10-5-11-24(20,22)23)19-17(21)18-14-6-3-2-4-7-14/h2-4,6-9,12H,5,10-11H2,1H3,(H2,18,19,21). The normalized spacial score (nSPS) is 16.0. The molecule has 2 aromatic rings. The molecular formula is C17H19N3O3S. The lowest BCUT2D eigenvalue weighted by Crippen LogP contribution is -2.26. The summed E-state index contributed by atoms with van der Waals surface area (Å²) >= 11 is 0. The zero-order valence-corrected chi connectivity index (χ0v) is 14.1. The van der Waals surface area contributed by atoms with Crippen LogP contribution in [0.3, 0.4) is 0 Å². The maximum absolute atomic E-state index is 12.1. The van der Waals surface area contributed by atoms with Gasteiger partial charge in [0.15, 0.2) is 0 Å². The summed E-state index contributed by atoms with van der Waals surface area (Å²) in [6, 6.07) is 14.0. The summed E-state index contributed by atoms with van der Waals surface area (Å²) in [6.07, 6.45) is 0.619. The van der Waals surface area contributed by atoms with E-state index in [2.05, 4.69) is 10.6 Å². The van der Waals surface area contributed by atoms with Crippen LogP contribution in [0.2, 0.25) is 0 Å². The van der Waals surface area contributed by atoms with E-state index in [9.17, 15) is 13.2 Å². The Kier molecular flexibility index (Phi) is 4.44. The zero-order valence-electron chi connectivity index (χ0n) is 13.3. The molecule has 6 nitrogen and oxygen atoms in total. The molecule has 126 valence electrons. The molecule has 0 bridgehead atoms. The van der Waals surface area contributed by atoms with E-state index in [1.54, 1.807) is 30.3 Å². The quantitative estimate of drug-likeness (QED) is 0.897. The molecule has 3 rings (SSSR count). The fourth-order valence-corrected chi connectivity index (χ4v) is 4.30. The van der Waals surface area contributed by atoms with E-state index in [0.29, 0.717) is 30.0 Å². The number of para-hydroxylation sites is 1. The summed E-state index contributed by atoms with van der Waals surface area (Å²) in [5.41, 5.74) is 2.70. The first-order valence-electron chi connectivity index (χ1n) is 7.70. The third-order valence-electron chi connectivity index (χ3n) is 3.87. The number of carbonyl (C=O) groups is 1. The number of aryl methyl sites for hydroxylation is 1. The number of anilines is 3. The summed E-state index contributed by atoms with van der Waals surface area (Å²) in [7, 11) is -3.25. The largest absolute Gasteiger partial charge is 0.323 e. The van der Waals surface area contributed by atoms with Crippen molar-refractivity contribution in [3.63, 3.8) is 0 Å². The van der Waals surface area contributed by atoms with Crippen molar-refractivity contribution in [2.75, 3.05) is 27.2 Å². The Hall–Kier alpha value is -2.54. The summed E-state index contributed by atoms with van der Waals surface area (Å²) in [6.45, 7) is 2.33. The summed E-state index contributed by atoms with van der Waals surface area (Å²) < 4.78 is 25.6. The molecule has 2 N–H and O–H groups in total. The number of urea groups is 1. The number of rotatable bonds is 3. The second-order valence-electron chi connectivity index (χ2n) is 5.69. The molecule has 0 unspecified atom stereocenters. The van der Waals surface area contributed by atoms with Crippen LogP contribution in [0.15, 0.2) is 48.5 Å². The van der Waals surface area contributed by atoms with Crippen molar-refractivity contribution in [3.8, 4) is 0 Å². The molecule has 0 saturated carbocycles. The predicted octanol–water partition coefficient (Wildman–Crippen LogP) is 3.18.